The van der Waals surface area contributed by atoms with Gasteiger partial charge in [0.2, 0.25) is 10.7 Å². The standard InChI is InChI=1S/C7H6F2O4S2/c8-7(9,14(10)11)15(12,13)6-4-2-1-3-5-6/h1-5,14H. The van der Waals surface area contributed by atoms with Crippen molar-refractivity contribution in [2.45, 2.75) is 9.48 Å². The number of rotatable bonds is 3. The molecule has 0 atom stereocenters. The average Bonchev–Trinajstić information content (AvgIpc) is 2.18. The van der Waals surface area contributed by atoms with E-state index in [-0.39, 0.29) is 0 Å². The van der Waals surface area contributed by atoms with Crippen molar-refractivity contribution >= 4 is 20.5 Å². The van der Waals surface area contributed by atoms with Crippen LogP contribution in [0.4, 0.5) is 8.78 Å². The molecule has 84 valence electrons. The Kier molecular flexibility index (Phi) is 3.10. The molecule has 0 unspecified atom stereocenters. The highest BCUT2D eigenvalue weighted by atomic mass is 32.3. The van der Waals surface area contributed by atoms with Crippen molar-refractivity contribution in [3.8, 4) is 0 Å². The zero-order valence-electron chi connectivity index (χ0n) is 7.13. The van der Waals surface area contributed by atoms with Gasteiger partial charge in [-0.1, -0.05) is 18.2 Å². The molecule has 1 aromatic carbocycles. The summed E-state index contributed by atoms with van der Waals surface area (Å²) in [5.74, 6) is 0. The number of thiol groups is 1. The van der Waals surface area contributed by atoms with Gasteiger partial charge in [0.15, 0.2) is 0 Å². The molecule has 0 aliphatic rings. The number of hydrogen-bond acceptors (Lipinski definition) is 4. The van der Waals surface area contributed by atoms with Crippen LogP contribution in [-0.2, 0) is 20.5 Å². The fourth-order valence-electron chi connectivity index (χ4n) is 0.840. The Balaban J connectivity index is 3.39. The van der Waals surface area contributed by atoms with Crippen LogP contribution in [0.5, 0.6) is 0 Å². The molecule has 0 amide bonds. The van der Waals surface area contributed by atoms with Crippen LogP contribution in [0.15, 0.2) is 35.2 Å². The van der Waals surface area contributed by atoms with Crippen molar-refractivity contribution in [2.75, 3.05) is 0 Å². The summed E-state index contributed by atoms with van der Waals surface area (Å²) in [6.45, 7) is 0. The van der Waals surface area contributed by atoms with Crippen LogP contribution < -0.4 is 0 Å². The summed E-state index contributed by atoms with van der Waals surface area (Å²) in [7, 11) is -9.54. The molecule has 0 fully saturated rings. The molecule has 0 bridgehead atoms. The van der Waals surface area contributed by atoms with Gasteiger partial charge in [0.05, 0.1) is 4.90 Å². The third-order valence-corrected chi connectivity index (χ3v) is 4.72. The maximum absolute atomic E-state index is 12.8. The van der Waals surface area contributed by atoms with Crippen molar-refractivity contribution in [2.24, 2.45) is 0 Å². The van der Waals surface area contributed by atoms with Gasteiger partial charge in [0.25, 0.3) is 9.84 Å². The Labute approximate surface area is 86.4 Å². The molecule has 8 heteroatoms. The first-order valence-electron chi connectivity index (χ1n) is 3.62. The van der Waals surface area contributed by atoms with E-state index in [2.05, 4.69) is 0 Å². The fraction of sp³-hybridized carbons (Fsp3) is 0.143. The van der Waals surface area contributed by atoms with Gasteiger partial charge in [-0.2, -0.15) is 8.78 Å². The topological polar surface area (TPSA) is 68.3 Å². The lowest BCUT2D eigenvalue weighted by atomic mass is 10.4. The predicted octanol–water partition coefficient (Wildman–Crippen LogP) is 0.622. The quantitative estimate of drug-likeness (QED) is 0.805. The number of sulfone groups is 1. The van der Waals surface area contributed by atoms with E-state index in [1.54, 1.807) is 0 Å². The summed E-state index contributed by atoms with van der Waals surface area (Å²) in [4.78, 5) is -0.728. The van der Waals surface area contributed by atoms with E-state index in [1.807, 2.05) is 0 Å². The molecule has 0 aliphatic heterocycles. The second-order valence-electron chi connectivity index (χ2n) is 2.56. The monoisotopic (exact) mass is 256 g/mol. The third-order valence-electron chi connectivity index (χ3n) is 1.59. The van der Waals surface area contributed by atoms with Gasteiger partial charge in [-0.05, 0) is 12.1 Å². The smallest absolute Gasteiger partial charge is 0.224 e. The SMILES string of the molecule is O=[SH](=O)C(F)(F)S(=O)(=O)c1ccccc1. The van der Waals surface area contributed by atoms with Crippen LogP contribution in [0.25, 0.3) is 0 Å². The lowest BCUT2D eigenvalue weighted by Gasteiger charge is -2.09. The number of benzene rings is 1. The molecule has 0 saturated heterocycles. The Hall–Kier alpha value is -1.02. The van der Waals surface area contributed by atoms with Crippen LogP contribution in [0.3, 0.4) is 0 Å². The predicted molar refractivity (Wildman–Crippen MR) is 48.9 cm³/mol. The van der Waals surface area contributed by atoms with Crippen molar-refractivity contribution < 1.29 is 25.6 Å². The molecule has 0 aromatic heterocycles. The highest BCUT2D eigenvalue weighted by molar-refractivity contribution is 8.03. The Morgan fingerprint density at radius 3 is 1.93 bits per heavy atom. The van der Waals surface area contributed by atoms with E-state index >= 15 is 0 Å². The van der Waals surface area contributed by atoms with Gasteiger partial charge >= 0.3 is 4.59 Å². The molecule has 0 radical (unpaired) electrons. The Bertz CT molecular complexity index is 511. The average molecular weight is 256 g/mol. The van der Waals surface area contributed by atoms with E-state index in [4.69, 9.17) is 0 Å². The van der Waals surface area contributed by atoms with Crippen molar-refractivity contribution in [3.05, 3.63) is 30.3 Å². The van der Waals surface area contributed by atoms with Gasteiger partial charge in [-0.15, -0.1) is 0 Å². The summed E-state index contributed by atoms with van der Waals surface area (Å²) >= 11 is 0. The molecular weight excluding hydrogens is 250 g/mol. The lowest BCUT2D eigenvalue weighted by molar-refractivity contribution is 0.185. The van der Waals surface area contributed by atoms with Gasteiger partial charge in [0, 0.05) is 0 Å². The van der Waals surface area contributed by atoms with Gasteiger partial charge in [0.1, 0.15) is 0 Å². The number of halogens is 2. The first kappa shape index (κ1) is 12.1. The van der Waals surface area contributed by atoms with E-state index < -0.39 is 30.0 Å². The maximum Gasteiger partial charge on any atom is 0.446 e. The van der Waals surface area contributed by atoms with Crippen LogP contribution >= 0.6 is 0 Å². The minimum absolute atomic E-state index is 0.728. The van der Waals surface area contributed by atoms with Crippen molar-refractivity contribution in [3.63, 3.8) is 0 Å². The molecule has 0 saturated carbocycles. The molecule has 0 aliphatic carbocycles. The summed E-state index contributed by atoms with van der Waals surface area (Å²) in [6.07, 6.45) is 0. The van der Waals surface area contributed by atoms with Gasteiger partial charge in [-0.25, -0.2) is 16.8 Å². The molecule has 0 spiro atoms. The zero-order chi connectivity index (χ0) is 11.7. The summed E-state index contributed by atoms with van der Waals surface area (Å²) in [6, 6.07) is 5.68. The van der Waals surface area contributed by atoms with Crippen molar-refractivity contribution in [1.82, 2.24) is 0 Å². The minimum Gasteiger partial charge on any atom is -0.224 e. The summed E-state index contributed by atoms with van der Waals surface area (Å²) in [5.41, 5.74) is 0. The Morgan fingerprint density at radius 1 is 1.07 bits per heavy atom. The molecule has 1 rings (SSSR count). The van der Waals surface area contributed by atoms with Crippen LogP contribution in [0.2, 0.25) is 0 Å². The second-order valence-corrected chi connectivity index (χ2v) is 5.93. The molecule has 0 N–H and O–H groups in total. The van der Waals surface area contributed by atoms with Crippen LogP contribution in [0.1, 0.15) is 0 Å². The first-order chi connectivity index (χ1) is 6.80. The first-order valence-corrected chi connectivity index (χ1v) is 6.28. The Morgan fingerprint density at radius 2 is 1.53 bits per heavy atom. The van der Waals surface area contributed by atoms with E-state index in [9.17, 15) is 25.6 Å². The summed E-state index contributed by atoms with van der Waals surface area (Å²) in [5, 5.41) is 0. The molecule has 0 heterocycles. The lowest BCUT2D eigenvalue weighted by Crippen LogP contribution is -2.30. The molecule has 15 heavy (non-hydrogen) atoms. The molecular formula is C7H6F2O4S2. The molecule has 4 nitrogen and oxygen atoms in total. The van der Waals surface area contributed by atoms with E-state index in [0.717, 1.165) is 12.1 Å². The van der Waals surface area contributed by atoms with E-state index in [0.29, 0.717) is 0 Å². The van der Waals surface area contributed by atoms with Gasteiger partial charge in [-0.3, -0.25) is 0 Å². The van der Waals surface area contributed by atoms with Crippen LogP contribution in [-0.4, -0.2) is 21.4 Å². The summed E-state index contributed by atoms with van der Waals surface area (Å²) < 4.78 is 63.5. The normalized spacial score (nSPS) is 13.0. The highest BCUT2D eigenvalue weighted by Crippen LogP contribution is 2.29. The molecule has 1 aromatic rings. The zero-order valence-corrected chi connectivity index (χ0v) is 8.84. The number of alkyl halides is 2. The fourth-order valence-corrected chi connectivity index (χ4v) is 2.74. The largest absolute Gasteiger partial charge is 0.446 e. The van der Waals surface area contributed by atoms with E-state index in [1.165, 1.54) is 18.2 Å². The highest BCUT2D eigenvalue weighted by Gasteiger charge is 2.49. The van der Waals surface area contributed by atoms with Crippen molar-refractivity contribution in [1.29, 1.82) is 0 Å². The number of hydrogen-bond donors (Lipinski definition) is 1. The minimum atomic E-state index is -5.17. The second kappa shape index (κ2) is 3.86. The van der Waals surface area contributed by atoms with Gasteiger partial charge < -0.3 is 0 Å². The van der Waals surface area contributed by atoms with Crippen LogP contribution in [0, 0.1) is 0 Å². The third kappa shape index (κ3) is 2.00. The maximum atomic E-state index is 12.8.